The molecule has 8 aliphatic rings. The normalized spacial score (nSPS) is 49.6. The summed E-state index contributed by atoms with van der Waals surface area (Å²) >= 11 is 0. The van der Waals surface area contributed by atoms with Gasteiger partial charge < -0.3 is 66.4 Å². The van der Waals surface area contributed by atoms with E-state index in [-0.39, 0.29) is 48.7 Å². The number of H-pyrrole nitrogens is 1. The molecule has 12 N–H and O–H groups in total. The van der Waals surface area contributed by atoms with E-state index in [1.807, 2.05) is 6.92 Å². The Balaban J connectivity index is 1.27. The molecule has 16 nitrogen and oxygen atoms in total. The molecule has 16 heteroatoms. The molecule has 4 saturated carbocycles. The Morgan fingerprint density at radius 2 is 1.78 bits per heavy atom. The number of ether oxygens (including phenoxy) is 2. The minimum Gasteiger partial charge on any atom is -0.481 e. The maximum atomic E-state index is 14.4. The van der Waals surface area contributed by atoms with E-state index in [2.05, 4.69) is 60.9 Å². The van der Waals surface area contributed by atoms with E-state index < -0.39 is 118 Å². The fraction of sp³-hybridized carbons (Fsp3) is 0.830. The number of imidazole rings is 1. The highest BCUT2D eigenvalue weighted by molar-refractivity contribution is 5.82. The van der Waals surface area contributed by atoms with Crippen molar-refractivity contribution in [3.63, 3.8) is 0 Å². The summed E-state index contributed by atoms with van der Waals surface area (Å²) in [7, 11) is 0. The topological polar surface area (TPSA) is 281 Å². The van der Waals surface area contributed by atoms with Crippen LogP contribution in [0.3, 0.4) is 0 Å². The van der Waals surface area contributed by atoms with Crippen LogP contribution in [0, 0.1) is 91.7 Å². The molecule has 2 aliphatic heterocycles. The van der Waals surface area contributed by atoms with E-state index in [4.69, 9.17) is 15.2 Å². The summed E-state index contributed by atoms with van der Waals surface area (Å²) in [6.45, 7) is 10.0. The Morgan fingerprint density at radius 3 is 2.43 bits per heavy atom. The molecule has 6 fully saturated rings. The van der Waals surface area contributed by atoms with Gasteiger partial charge in [0, 0.05) is 65.5 Å². The molecule has 1 aromatic heterocycles. The summed E-state index contributed by atoms with van der Waals surface area (Å²) in [6.07, 6.45) is 4.19. The van der Waals surface area contributed by atoms with E-state index in [9.17, 15) is 50.4 Å². The van der Waals surface area contributed by atoms with Crippen molar-refractivity contribution >= 4 is 11.9 Å². The number of rotatable bonds is 13. The number of aliphatic hydroxyl groups is 7. The molecule has 22 unspecified atom stereocenters. The highest BCUT2D eigenvalue weighted by Crippen LogP contribution is 2.80. The first kappa shape index (κ1) is 51.0. The Morgan fingerprint density at radius 1 is 1.01 bits per heavy atom. The van der Waals surface area contributed by atoms with E-state index in [1.54, 1.807) is 12.5 Å². The lowest BCUT2D eigenvalue weighted by atomic mass is 9.29. The van der Waals surface area contributed by atoms with Crippen molar-refractivity contribution in [1.82, 2.24) is 15.3 Å². The zero-order chi connectivity index (χ0) is 49.6. The number of allylic oxidation sites excluding steroid dienone is 2. The van der Waals surface area contributed by atoms with Crippen molar-refractivity contribution in [2.24, 2.45) is 85.6 Å². The van der Waals surface area contributed by atoms with Crippen molar-refractivity contribution in [3.8, 4) is 11.8 Å². The average Bonchev–Trinajstić information content (AvgIpc) is 3.98. The van der Waals surface area contributed by atoms with Crippen LogP contribution in [-0.2, 0) is 19.1 Å². The van der Waals surface area contributed by atoms with Crippen LogP contribution in [0.1, 0.15) is 123 Å². The molecule has 384 valence electrons. The molecule has 9 rings (SSSR count). The first-order chi connectivity index (χ1) is 32.8. The van der Waals surface area contributed by atoms with Crippen LogP contribution in [0.2, 0.25) is 0 Å². The number of aliphatic hydroxyl groups excluding tert-OH is 7. The van der Waals surface area contributed by atoms with Gasteiger partial charge in [0.05, 0.1) is 49.7 Å². The second-order valence-electron chi connectivity index (χ2n) is 24.1. The van der Waals surface area contributed by atoms with E-state index >= 15 is 0 Å². The summed E-state index contributed by atoms with van der Waals surface area (Å²) in [4.78, 5) is 35.9. The third kappa shape index (κ3) is 7.31. The van der Waals surface area contributed by atoms with Crippen LogP contribution in [-0.4, -0.2) is 139 Å². The van der Waals surface area contributed by atoms with Crippen molar-refractivity contribution in [1.29, 1.82) is 0 Å². The number of aliphatic carboxylic acids is 1. The highest BCUT2D eigenvalue weighted by atomic mass is 16.7. The van der Waals surface area contributed by atoms with Gasteiger partial charge in [-0.1, -0.05) is 58.6 Å². The van der Waals surface area contributed by atoms with Gasteiger partial charge in [-0.25, -0.2) is 4.98 Å². The Hall–Kier alpha value is -2.95. The molecular formula is C53H80N4O12. The lowest BCUT2D eigenvalue weighted by Gasteiger charge is -2.75. The summed E-state index contributed by atoms with van der Waals surface area (Å²) in [5.41, 5.74) is 3.69. The van der Waals surface area contributed by atoms with Gasteiger partial charge in [-0.15, -0.1) is 5.92 Å². The van der Waals surface area contributed by atoms with E-state index in [1.165, 1.54) is 5.57 Å². The Bertz CT molecular complexity index is 2170. The van der Waals surface area contributed by atoms with Gasteiger partial charge >= 0.3 is 5.97 Å². The van der Waals surface area contributed by atoms with Gasteiger partial charge in [-0.3, -0.25) is 9.59 Å². The smallest absolute Gasteiger partial charge is 0.310 e. The summed E-state index contributed by atoms with van der Waals surface area (Å²) in [6, 6.07) is -0.568. The molecule has 2 saturated heterocycles. The van der Waals surface area contributed by atoms with Crippen molar-refractivity contribution < 1.29 is 59.9 Å². The SMILES string of the molecule is CCC1CC2(C(=O)O)CCC(C)(CO)CC2C2=CCC3C4(C)C5C(O)C(OC6OCC(O)C(O)C6O)C(C)(CO)C4CCC3(C)C21CCC#CC5C1C(CO)C(=O)NC1C(CCCN)c1cnc[nH]1. The summed E-state index contributed by atoms with van der Waals surface area (Å²) < 4.78 is 12.6. The van der Waals surface area contributed by atoms with E-state index in [0.717, 1.165) is 18.5 Å². The largest absolute Gasteiger partial charge is 0.481 e. The lowest BCUT2D eigenvalue weighted by Crippen LogP contribution is -2.74. The van der Waals surface area contributed by atoms with Crippen LogP contribution >= 0.6 is 0 Å². The minimum atomic E-state index is -1.67. The number of aromatic amines is 1. The van der Waals surface area contributed by atoms with Gasteiger partial charge in [-0.2, -0.15) is 0 Å². The Kier molecular flexibility index (Phi) is 13.7. The zero-order valence-corrected chi connectivity index (χ0v) is 41.2. The maximum absolute atomic E-state index is 14.4. The number of nitrogens with zero attached hydrogens (tertiary/aromatic N) is 1. The number of carboxylic acid groups (broad SMARTS) is 1. The minimum absolute atomic E-state index is 0.0175. The number of carbonyl (C=O) groups excluding carboxylic acids is 1. The number of hydrogen-bond acceptors (Lipinski definition) is 13. The van der Waals surface area contributed by atoms with Crippen LogP contribution in [0.15, 0.2) is 24.2 Å². The van der Waals surface area contributed by atoms with Crippen LogP contribution in [0.25, 0.3) is 0 Å². The molecule has 22 atom stereocenters. The standard InChI is InChI=1S/C53H80N4O12/c1-6-28-20-52(47(66)67)18-17-48(2,25-59)21-33(52)32-12-13-37-50(4)16-14-36-49(3,26-60)44(69-46-43(64)41(62)35(61)24-68-46)42(63)39(51(36,37)5)30(10-7-8-15-53(28,32)50)38-31(23-58)45(65)57-40(38)29(11-9-19-54)34-22-55-27-56-34/h12,22,27-31,33,35-44,46,58-64H,6,8-9,11,13-21,23-26,54H2,1-5H3,(H,55,56)(H,57,65)(H,66,67). The lowest BCUT2D eigenvalue weighted by molar-refractivity contribution is -0.344. The van der Waals surface area contributed by atoms with Crippen molar-refractivity contribution in [2.75, 3.05) is 33.0 Å². The van der Waals surface area contributed by atoms with Gasteiger partial charge in [-0.05, 0) is 111 Å². The number of carbonyl (C=O) groups is 2. The fourth-order valence-electron chi connectivity index (χ4n) is 18.0. The molecule has 1 spiro atoms. The number of hydrogen-bond donors (Lipinski definition) is 11. The van der Waals surface area contributed by atoms with Crippen LogP contribution in [0.5, 0.6) is 0 Å². The van der Waals surface area contributed by atoms with Crippen LogP contribution in [0.4, 0.5) is 0 Å². The molecule has 1 amide bonds. The first-order valence-corrected chi connectivity index (χ1v) is 26.0. The molecule has 3 heterocycles. The molecule has 6 aliphatic carbocycles. The van der Waals surface area contributed by atoms with Gasteiger partial charge in [0.25, 0.3) is 0 Å². The molecular weight excluding hydrogens is 885 g/mol. The number of nitrogens with one attached hydrogen (secondary N) is 2. The van der Waals surface area contributed by atoms with E-state index in [0.29, 0.717) is 70.8 Å². The zero-order valence-electron chi connectivity index (χ0n) is 41.2. The predicted molar refractivity (Wildman–Crippen MR) is 252 cm³/mol. The van der Waals surface area contributed by atoms with Crippen molar-refractivity contribution in [3.05, 3.63) is 29.9 Å². The number of fused-ring (bicyclic) bond motifs is 2. The monoisotopic (exact) mass is 965 g/mol. The van der Waals surface area contributed by atoms with Gasteiger partial charge in [0.15, 0.2) is 6.29 Å². The third-order valence-corrected chi connectivity index (χ3v) is 21.3. The number of carboxylic acids is 1. The van der Waals surface area contributed by atoms with Gasteiger partial charge in [0.2, 0.25) is 5.91 Å². The van der Waals surface area contributed by atoms with Crippen molar-refractivity contribution in [2.45, 2.75) is 160 Å². The second kappa shape index (κ2) is 18.5. The maximum Gasteiger partial charge on any atom is 0.310 e. The average molecular weight is 965 g/mol. The molecule has 0 aromatic carbocycles. The summed E-state index contributed by atoms with van der Waals surface area (Å²) in [5, 5.41) is 95.1. The Labute approximate surface area is 406 Å². The summed E-state index contributed by atoms with van der Waals surface area (Å²) in [5.74, 6) is 2.13. The third-order valence-electron chi connectivity index (χ3n) is 21.3. The molecule has 0 radical (unpaired) electrons. The molecule has 69 heavy (non-hydrogen) atoms. The fourth-order valence-corrected chi connectivity index (χ4v) is 18.0. The first-order valence-electron chi connectivity index (χ1n) is 26.0. The quantitative estimate of drug-likeness (QED) is 0.0771. The number of aromatic nitrogens is 2. The molecule has 1 aromatic rings. The highest BCUT2D eigenvalue weighted by Gasteiger charge is 2.77. The predicted octanol–water partition coefficient (Wildman–Crippen LogP) is 2.84. The number of nitrogens with two attached hydrogens (primary N) is 1. The second-order valence-corrected chi connectivity index (χ2v) is 24.1. The molecule has 4 bridgehead atoms. The number of amides is 1. The van der Waals surface area contributed by atoms with Crippen LogP contribution < -0.4 is 11.1 Å². The van der Waals surface area contributed by atoms with Gasteiger partial charge in [0.1, 0.15) is 18.3 Å².